The molecule has 1 N–H and O–H groups in total. The predicted molar refractivity (Wildman–Crippen MR) is 86.6 cm³/mol. The topological polar surface area (TPSA) is 28.2 Å². The molecular formula is C16H27N3S. The number of aryl methyl sites for hydroxylation is 1. The lowest BCUT2D eigenvalue weighted by atomic mass is 10.0. The van der Waals surface area contributed by atoms with Gasteiger partial charge in [0.1, 0.15) is 0 Å². The van der Waals surface area contributed by atoms with Gasteiger partial charge in [0, 0.05) is 30.6 Å². The van der Waals surface area contributed by atoms with Crippen LogP contribution in [0.15, 0.2) is 0 Å². The van der Waals surface area contributed by atoms with Crippen LogP contribution in [0.1, 0.15) is 56.5 Å². The molecule has 0 radical (unpaired) electrons. The van der Waals surface area contributed by atoms with Crippen molar-refractivity contribution in [2.45, 2.75) is 65.0 Å². The Labute approximate surface area is 126 Å². The van der Waals surface area contributed by atoms with Crippen molar-refractivity contribution in [1.29, 1.82) is 0 Å². The van der Waals surface area contributed by atoms with Crippen LogP contribution in [0.5, 0.6) is 0 Å². The Morgan fingerprint density at radius 3 is 2.85 bits per heavy atom. The molecule has 1 aromatic heterocycles. The number of rotatable bonds is 5. The third-order valence-corrected chi connectivity index (χ3v) is 5.68. The van der Waals surface area contributed by atoms with E-state index in [-0.39, 0.29) is 0 Å². The summed E-state index contributed by atoms with van der Waals surface area (Å²) in [6, 6.07) is 0.782. The van der Waals surface area contributed by atoms with Gasteiger partial charge in [0.2, 0.25) is 0 Å². The maximum absolute atomic E-state index is 4.92. The molecule has 0 amide bonds. The van der Waals surface area contributed by atoms with Crippen LogP contribution in [0, 0.1) is 5.92 Å². The third-order valence-electron chi connectivity index (χ3n) is 4.52. The number of thiazole rings is 1. The minimum absolute atomic E-state index is 0.782. The van der Waals surface area contributed by atoms with Crippen molar-refractivity contribution in [3.8, 4) is 0 Å². The van der Waals surface area contributed by atoms with Gasteiger partial charge in [0.05, 0.1) is 5.69 Å². The van der Waals surface area contributed by atoms with Crippen molar-refractivity contribution in [3.05, 3.63) is 10.6 Å². The molecule has 4 heteroatoms. The van der Waals surface area contributed by atoms with Gasteiger partial charge >= 0.3 is 0 Å². The van der Waals surface area contributed by atoms with E-state index >= 15 is 0 Å². The Morgan fingerprint density at radius 1 is 1.25 bits per heavy atom. The van der Waals surface area contributed by atoms with Crippen LogP contribution in [0.2, 0.25) is 0 Å². The van der Waals surface area contributed by atoms with E-state index in [1.165, 1.54) is 60.9 Å². The van der Waals surface area contributed by atoms with Crippen LogP contribution in [-0.2, 0) is 13.0 Å². The molecule has 2 fully saturated rings. The van der Waals surface area contributed by atoms with Crippen LogP contribution < -0.4 is 10.2 Å². The summed E-state index contributed by atoms with van der Waals surface area (Å²) in [5, 5.41) is 4.90. The summed E-state index contributed by atoms with van der Waals surface area (Å²) in [5.41, 5.74) is 1.32. The Kier molecular flexibility index (Phi) is 4.61. The maximum atomic E-state index is 4.92. The van der Waals surface area contributed by atoms with Gasteiger partial charge in [0.15, 0.2) is 5.13 Å². The monoisotopic (exact) mass is 293 g/mol. The summed E-state index contributed by atoms with van der Waals surface area (Å²) < 4.78 is 0. The number of aromatic nitrogens is 1. The van der Waals surface area contributed by atoms with Crippen molar-refractivity contribution in [1.82, 2.24) is 10.3 Å². The number of hydrogen-bond donors (Lipinski definition) is 1. The van der Waals surface area contributed by atoms with Gasteiger partial charge in [0.25, 0.3) is 0 Å². The average Bonchev–Trinajstić information content (AvgIpc) is 3.22. The standard InChI is InChI=1S/C16H27N3S/c1-3-14-15(11-17-13-6-7-13)20-16(18-14)19-9-4-5-12(2)8-10-19/h12-13,17H,3-11H2,1-2H3. The van der Waals surface area contributed by atoms with E-state index in [9.17, 15) is 0 Å². The zero-order valence-corrected chi connectivity index (χ0v) is 13.6. The zero-order chi connectivity index (χ0) is 13.9. The summed E-state index contributed by atoms with van der Waals surface area (Å²) in [6.45, 7) is 8.01. The molecule has 2 heterocycles. The van der Waals surface area contributed by atoms with Crippen LogP contribution in [0.25, 0.3) is 0 Å². The van der Waals surface area contributed by atoms with Gasteiger partial charge in [-0.3, -0.25) is 0 Å². The SMILES string of the molecule is CCc1nc(N2CCCC(C)CC2)sc1CNC1CC1. The molecule has 1 unspecified atom stereocenters. The predicted octanol–water partition coefficient (Wildman–Crippen LogP) is 3.58. The van der Waals surface area contributed by atoms with Gasteiger partial charge in [-0.1, -0.05) is 13.8 Å². The molecule has 2 aliphatic rings. The van der Waals surface area contributed by atoms with Gasteiger partial charge in [-0.25, -0.2) is 4.98 Å². The highest BCUT2D eigenvalue weighted by molar-refractivity contribution is 7.15. The van der Waals surface area contributed by atoms with E-state index in [1.54, 1.807) is 0 Å². The minimum Gasteiger partial charge on any atom is -0.348 e. The fourth-order valence-corrected chi connectivity index (χ4v) is 4.05. The number of nitrogens with zero attached hydrogens (tertiary/aromatic N) is 2. The maximum Gasteiger partial charge on any atom is 0.185 e. The van der Waals surface area contributed by atoms with E-state index in [1.807, 2.05) is 11.3 Å². The first-order valence-corrected chi connectivity index (χ1v) is 9.04. The quantitative estimate of drug-likeness (QED) is 0.899. The van der Waals surface area contributed by atoms with Gasteiger partial charge in [-0.15, -0.1) is 11.3 Å². The van der Waals surface area contributed by atoms with Crippen molar-refractivity contribution in [2.75, 3.05) is 18.0 Å². The highest BCUT2D eigenvalue weighted by Crippen LogP contribution is 2.30. The van der Waals surface area contributed by atoms with E-state index in [0.717, 1.165) is 24.9 Å². The van der Waals surface area contributed by atoms with Gasteiger partial charge in [-0.05, 0) is 44.4 Å². The molecule has 0 aromatic carbocycles. The van der Waals surface area contributed by atoms with Crippen LogP contribution >= 0.6 is 11.3 Å². The normalized spacial score (nSPS) is 23.9. The highest BCUT2D eigenvalue weighted by Gasteiger charge is 2.22. The first-order valence-electron chi connectivity index (χ1n) is 8.23. The number of nitrogens with one attached hydrogen (secondary N) is 1. The largest absolute Gasteiger partial charge is 0.348 e. The summed E-state index contributed by atoms with van der Waals surface area (Å²) >= 11 is 1.92. The Morgan fingerprint density at radius 2 is 2.10 bits per heavy atom. The Balaban J connectivity index is 1.68. The second-order valence-corrected chi connectivity index (χ2v) is 7.46. The van der Waals surface area contributed by atoms with Crippen molar-refractivity contribution >= 4 is 16.5 Å². The van der Waals surface area contributed by atoms with E-state index < -0.39 is 0 Å². The molecule has 1 saturated carbocycles. The van der Waals surface area contributed by atoms with E-state index in [0.29, 0.717) is 0 Å². The Bertz CT molecular complexity index is 439. The summed E-state index contributed by atoms with van der Waals surface area (Å²) in [7, 11) is 0. The molecule has 3 rings (SSSR count). The van der Waals surface area contributed by atoms with Crippen LogP contribution in [0.3, 0.4) is 0 Å². The van der Waals surface area contributed by atoms with Crippen LogP contribution in [0.4, 0.5) is 5.13 Å². The second-order valence-electron chi connectivity index (χ2n) is 6.40. The number of hydrogen-bond acceptors (Lipinski definition) is 4. The first kappa shape index (κ1) is 14.3. The molecule has 112 valence electrons. The second kappa shape index (κ2) is 6.44. The first-order chi connectivity index (χ1) is 9.76. The van der Waals surface area contributed by atoms with Crippen molar-refractivity contribution in [3.63, 3.8) is 0 Å². The minimum atomic E-state index is 0.782. The molecule has 1 aromatic rings. The molecule has 1 aliphatic carbocycles. The lowest BCUT2D eigenvalue weighted by Crippen LogP contribution is -2.23. The summed E-state index contributed by atoms with van der Waals surface area (Å²) in [5.74, 6) is 0.876. The van der Waals surface area contributed by atoms with Crippen molar-refractivity contribution in [2.24, 2.45) is 5.92 Å². The molecule has 0 spiro atoms. The summed E-state index contributed by atoms with van der Waals surface area (Å²) in [6.07, 6.45) is 7.78. The molecule has 1 aliphatic heterocycles. The Hall–Kier alpha value is -0.610. The molecule has 3 nitrogen and oxygen atoms in total. The fourth-order valence-electron chi connectivity index (χ4n) is 2.90. The lowest BCUT2D eigenvalue weighted by Gasteiger charge is -2.18. The molecular weight excluding hydrogens is 266 g/mol. The van der Waals surface area contributed by atoms with E-state index in [4.69, 9.17) is 4.98 Å². The van der Waals surface area contributed by atoms with Gasteiger partial charge < -0.3 is 10.2 Å². The third kappa shape index (κ3) is 3.53. The smallest absolute Gasteiger partial charge is 0.185 e. The molecule has 1 atom stereocenters. The fraction of sp³-hybridized carbons (Fsp3) is 0.812. The van der Waals surface area contributed by atoms with E-state index in [2.05, 4.69) is 24.1 Å². The summed E-state index contributed by atoms with van der Waals surface area (Å²) in [4.78, 5) is 8.91. The zero-order valence-electron chi connectivity index (χ0n) is 12.8. The highest BCUT2D eigenvalue weighted by atomic mass is 32.1. The van der Waals surface area contributed by atoms with Crippen LogP contribution in [-0.4, -0.2) is 24.1 Å². The number of anilines is 1. The molecule has 0 bridgehead atoms. The van der Waals surface area contributed by atoms with Gasteiger partial charge in [-0.2, -0.15) is 0 Å². The van der Waals surface area contributed by atoms with Crippen molar-refractivity contribution < 1.29 is 0 Å². The lowest BCUT2D eigenvalue weighted by molar-refractivity contribution is 0.521. The molecule has 1 saturated heterocycles. The average molecular weight is 293 g/mol. The molecule has 20 heavy (non-hydrogen) atoms.